The number of methoxy groups -OCH3 is 2. The monoisotopic (exact) mass is 640 g/mol. The van der Waals surface area contributed by atoms with Gasteiger partial charge in [0, 0.05) is 56.4 Å². The highest BCUT2D eigenvalue weighted by atomic mass is 16.5. The van der Waals surface area contributed by atoms with Crippen LogP contribution in [0.1, 0.15) is 95.2 Å². The highest BCUT2D eigenvalue weighted by Crippen LogP contribution is 2.58. The minimum absolute atomic E-state index is 0.0408. The zero-order valence-corrected chi connectivity index (χ0v) is 28.7. The van der Waals surface area contributed by atoms with E-state index in [1.807, 2.05) is 28.0 Å². The van der Waals surface area contributed by atoms with Crippen LogP contribution in [0.15, 0.2) is 48.9 Å². The number of hydrogen-bond donors (Lipinski definition) is 1. The second-order valence-electron chi connectivity index (χ2n) is 14.5. The first-order valence-corrected chi connectivity index (χ1v) is 17.2. The molecule has 2 amide bonds. The lowest BCUT2D eigenvalue weighted by Gasteiger charge is -2.55. The number of aromatic nitrogens is 3. The van der Waals surface area contributed by atoms with E-state index < -0.39 is 0 Å². The third-order valence-corrected chi connectivity index (χ3v) is 11.2. The van der Waals surface area contributed by atoms with Crippen LogP contribution in [0.5, 0.6) is 5.75 Å². The number of hydrogen-bond acceptors (Lipinski definition) is 6. The van der Waals surface area contributed by atoms with Crippen molar-refractivity contribution < 1.29 is 24.1 Å². The maximum absolute atomic E-state index is 14.5. The number of amides is 2. The van der Waals surface area contributed by atoms with Crippen molar-refractivity contribution in [1.82, 2.24) is 14.8 Å². The summed E-state index contributed by atoms with van der Waals surface area (Å²) in [6, 6.07) is 11.1. The van der Waals surface area contributed by atoms with E-state index in [-0.39, 0.29) is 41.2 Å². The Morgan fingerprint density at radius 3 is 2.36 bits per heavy atom. The molecule has 4 fully saturated rings. The van der Waals surface area contributed by atoms with E-state index in [0.717, 1.165) is 66.9 Å². The van der Waals surface area contributed by atoms with Crippen LogP contribution in [0.25, 0.3) is 11.1 Å². The van der Waals surface area contributed by atoms with Gasteiger partial charge in [0.15, 0.2) is 12.3 Å². The van der Waals surface area contributed by atoms with Crippen LogP contribution in [0.3, 0.4) is 0 Å². The van der Waals surface area contributed by atoms with E-state index in [2.05, 4.69) is 61.3 Å². The van der Waals surface area contributed by atoms with Gasteiger partial charge in [-0.3, -0.25) is 14.4 Å². The smallest absolute Gasteiger partial charge is 0.410 e. The first-order chi connectivity index (χ1) is 22.6. The lowest BCUT2D eigenvalue weighted by atomic mass is 9.51. The van der Waals surface area contributed by atoms with Gasteiger partial charge in [-0.25, -0.2) is 9.78 Å². The Labute approximate surface area is 278 Å². The van der Waals surface area contributed by atoms with Gasteiger partial charge in [-0.05, 0) is 118 Å². The fourth-order valence-electron chi connectivity index (χ4n) is 8.19. The van der Waals surface area contributed by atoms with E-state index in [0.29, 0.717) is 32.2 Å². The van der Waals surface area contributed by atoms with E-state index in [1.54, 1.807) is 7.11 Å². The molecule has 4 aliphatic rings. The molecule has 3 aromatic rings. The molecule has 0 radical (unpaired) electrons. The molecule has 0 aliphatic heterocycles. The highest BCUT2D eigenvalue weighted by Gasteiger charge is 2.51. The van der Waals surface area contributed by atoms with Crippen molar-refractivity contribution in [3.05, 3.63) is 60.0 Å². The number of nitrogens with zero attached hydrogens (tertiary/aromatic N) is 4. The quantitative estimate of drug-likeness (QED) is 0.321. The van der Waals surface area contributed by atoms with E-state index >= 15 is 0 Å². The molecule has 0 spiro atoms. The Balaban J connectivity index is 1.25. The molecule has 0 atom stereocenters. The van der Waals surface area contributed by atoms with Gasteiger partial charge in [0.25, 0.3) is 0 Å². The van der Waals surface area contributed by atoms with Gasteiger partial charge in [-0.2, -0.15) is 10.1 Å². The van der Waals surface area contributed by atoms with Crippen LogP contribution >= 0.6 is 0 Å². The predicted octanol–water partition coefficient (Wildman–Crippen LogP) is 5.35. The molecule has 0 unspecified atom stereocenters. The summed E-state index contributed by atoms with van der Waals surface area (Å²) in [6.07, 6.45) is 15.3. The number of aryl methyl sites for hydroxylation is 1. The minimum atomic E-state index is -0.134. The van der Waals surface area contributed by atoms with Crippen molar-refractivity contribution in [1.29, 1.82) is 0 Å². The van der Waals surface area contributed by atoms with Crippen molar-refractivity contribution in [3.63, 3.8) is 0 Å². The van der Waals surface area contributed by atoms with Gasteiger partial charge in [-0.1, -0.05) is 12.1 Å². The first-order valence-electron chi connectivity index (χ1n) is 17.2. The Hall–Kier alpha value is -3.85. The fraction of sp³-hybridized carbons (Fsp3) is 0.553. The summed E-state index contributed by atoms with van der Waals surface area (Å²) >= 11 is 0. The van der Waals surface area contributed by atoms with Crippen molar-refractivity contribution in [3.8, 4) is 16.9 Å². The third-order valence-electron chi connectivity index (χ3n) is 11.2. The second-order valence-corrected chi connectivity index (χ2v) is 14.5. The normalized spacial score (nSPS) is 24.0. The predicted molar refractivity (Wildman–Crippen MR) is 183 cm³/mol. The second kappa shape index (κ2) is 13.7. The maximum Gasteiger partial charge on any atom is 0.410 e. The van der Waals surface area contributed by atoms with Crippen molar-refractivity contribution in [2.75, 3.05) is 32.3 Å². The van der Waals surface area contributed by atoms with E-state index in [9.17, 15) is 9.59 Å². The molecule has 0 saturated heterocycles. The number of carbonyl (C=O) groups is 2. The van der Waals surface area contributed by atoms with Crippen LogP contribution in [0.4, 0.5) is 5.82 Å². The van der Waals surface area contributed by atoms with Crippen molar-refractivity contribution in [2.45, 2.75) is 96.4 Å². The fourth-order valence-corrected chi connectivity index (χ4v) is 8.19. The molecule has 2 heterocycles. The molecule has 4 aliphatic carbocycles. The number of anilines is 1. The van der Waals surface area contributed by atoms with Gasteiger partial charge in [0.05, 0.1) is 13.3 Å². The van der Waals surface area contributed by atoms with Gasteiger partial charge < -0.3 is 9.47 Å². The van der Waals surface area contributed by atoms with Crippen LogP contribution in [0, 0.1) is 18.3 Å². The maximum atomic E-state index is 14.5. The van der Waals surface area contributed by atoms with Gasteiger partial charge in [-0.15, -0.1) is 0 Å². The molecule has 4 saturated carbocycles. The van der Waals surface area contributed by atoms with Crippen LogP contribution in [0.2, 0.25) is 0 Å². The SMILES string of the molecule is COCC(=O)[NH+]=C1CCC(C(=O)N(CC23CCC(c4ccc(OC)c(C)c4)(CC2)CC3)c2cc(-c3cnn(C(C)C)c3)ccn2)CC1. The summed E-state index contributed by atoms with van der Waals surface area (Å²) in [6.45, 7) is 7.08. The molecular formula is C38H50N5O4+. The Kier molecular flexibility index (Phi) is 9.65. The van der Waals surface area contributed by atoms with Crippen molar-refractivity contribution >= 4 is 23.3 Å². The number of nitrogens with one attached hydrogen (secondary N) is 1. The van der Waals surface area contributed by atoms with Crippen molar-refractivity contribution in [2.24, 2.45) is 11.3 Å². The molecule has 250 valence electrons. The summed E-state index contributed by atoms with van der Waals surface area (Å²) in [7, 11) is 3.25. The number of fused-ring (bicyclic) bond motifs is 3. The Morgan fingerprint density at radius 2 is 1.74 bits per heavy atom. The molecule has 1 N–H and O–H groups in total. The van der Waals surface area contributed by atoms with Gasteiger partial charge in [0.2, 0.25) is 5.91 Å². The summed E-state index contributed by atoms with van der Waals surface area (Å²) in [5, 5.41) is 4.55. The average molecular weight is 641 g/mol. The number of benzene rings is 1. The van der Waals surface area contributed by atoms with E-state index in [4.69, 9.17) is 14.5 Å². The largest absolute Gasteiger partial charge is 0.496 e. The molecule has 1 aromatic carbocycles. The third kappa shape index (κ3) is 6.91. The van der Waals surface area contributed by atoms with E-state index in [1.165, 1.54) is 18.2 Å². The zero-order chi connectivity index (χ0) is 33.2. The summed E-state index contributed by atoms with van der Waals surface area (Å²) in [5.41, 5.74) is 5.91. The molecular weight excluding hydrogens is 590 g/mol. The Morgan fingerprint density at radius 1 is 1.02 bits per heavy atom. The molecule has 2 bridgehead atoms. The number of carbonyl (C=O) groups excluding carboxylic acids is 2. The number of pyridine rings is 1. The minimum Gasteiger partial charge on any atom is -0.496 e. The Bertz CT molecular complexity index is 1610. The summed E-state index contributed by atoms with van der Waals surface area (Å²) < 4.78 is 12.5. The highest BCUT2D eigenvalue weighted by molar-refractivity contribution is 5.96. The molecule has 47 heavy (non-hydrogen) atoms. The molecule has 9 heteroatoms. The zero-order valence-electron chi connectivity index (χ0n) is 28.7. The lowest BCUT2D eigenvalue weighted by Crippen LogP contribution is -2.79. The van der Waals surface area contributed by atoms with Crippen LogP contribution < -0.4 is 14.6 Å². The molecule has 7 rings (SSSR count). The number of rotatable bonds is 10. The number of ether oxygens (including phenoxy) is 2. The van der Waals surface area contributed by atoms with Crippen LogP contribution in [-0.2, 0) is 19.7 Å². The summed E-state index contributed by atoms with van der Waals surface area (Å²) in [5.74, 6) is 1.56. The molecule has 2 aromatic heterocycles. The van der Waals surface area contributed by atoms with Gasteiger partial charge in [0.1, 0.15) is 11.6 Å². The summed E-state index contributed by atoms with van der Waals surface area (Å²) in [4.78, 5) is 36.5. The molecule has 9 nitrogen and oxygen atoms in total. The average Bonchev–Trinajstić information content (AvgIpc) is 3.60. The van der Waals surface area contributed by atoms with Crippen LogP contribution in [-0.4, -0.2) is 59.7 Å². The lowest BCUT2D eigenvalue weighted by molar-refractivity contribution is -0.383. The van der Waals surface area contributed by atoms with Gasteiger partial charge >= 0.3 is 5.91 Å². The standard InChI is InChI=1S/C38H49N5O4/c1-26(2)43-23-30(22-40-43)29-12-19-39-34(21-29)42(36(45)28-6-9-32(10-7-28)41-35(44)24-46-4)25-37-13-16-38(17-14-37,18-15-37)31-8-11-33(47-5)27(3)20-31/h8,11-12,19-23,26,28H,6-7,9-10,13-18,24-25H2,1-5H3/p+1. The first kappa shape index (κ1) is 33.1. The topological polar surface area (TPSA) is 101 Å².